The van der Waals surface area contributed by atoms with Crippen LogP contribution in [0.3, 0.4) is 0 Å². The van der Waals surface area contributed by atoms with Crippen LogP contribution in [0.2, 0.25) is 0 Å². The maximum absolute atomic E-state index is 12.4. The van der Waals surface area contributed by atoms with Gasteiger partial charge in [0.25, 0.3) is 5.56 Å². The summed E-state index contributed by atoms with van der Waals surface area (Å²) in [6.45, 7) is 1.36. The molecule has 3 heterocycles. The van der Waals surface area contributed by atoms with Gasteiger partial charge in [0, 0.05) is 44.1 Å². The molecule has 4 rings (SSSR count). The zero-order valence-electron chi connectivity index (χ0n) is 17.4. The van der Waals surface area contributed by atoms with Crippen LogP contribution in [0.4, 0.5) is 13.2 Å². The number of aromatic amines is 1. The average molecular weight is 480 g/mol. The van der Waals surface area contributed by atoms with Gasteiger partial charge in [-0.1, -0.05) is 18.2 Å². The molecule has 0 fully saturated rings. The number of nitrogens with one attached hydrogen (secondary N) is 1. The van der Waals surface area contributed by atoms with Crippen molar-refractivity contribution in [3.8, 4) is 17.0 Å². The molecule has 174 valence electrons. The van der Waals surface area contributed by atoms with E-state index in [9.17, 15) is 26.4 Å². The number of sulfone groups is 1. The first kappa shape index (κ1) is 22.9. The predicted molar refractivity (Wildman–Crippen MR) is 112 cm³/mol. The van der Waals surface area contributed by atoms with E-state index in [0.29, 0.717) is 48.6 Å². The van der Waals surface area contributed by atoms with Gasteiger partial charge >= 0.3 is 6.36 Å². The second kappa shape index (κ2) is 8.60. The highest BCUT2D eigenvalue weighted by molar-refractivity contribution is 7.90. The van der Waals surface area contributed by atoms with Crippen LogP contribution in [0.1, 0.15) is 16.8 Å². The Labute approximate surface area is 187 Å². The Morgan fingerprint density at radius 3 is 2.67 bits per heavy atom. The van der Waals surface area contributed by atoms with Gasteiger partial charge < -0.3 is 4.74 Å². The number of benzene rings is 1. The van der Waals surface area contributed by atoms with E-state index in [-0.39, 0.29) is 10.9 Å². The van der Waals surface area contributed by atoms with E-state index < -0.39 is 21.8 Å². The van der Waals surface area contributed by atoms with Crippen LogP contribution in [0.15, 0.2) is 52.5 Å². The summed E-state index contributed by atoms with van der Waals surface area (Å²) in [6.07, 6.45) is -1.73. The maximum atomic E-state index is 12.4. The Morgan fingerprint density at radius 1 is 1.21 bits per heavy atom. The summed E-state index contributed by atoms with van der Waals surface area (Å²) in [5.74, 6) is -0.323. The predicted octanol–water partition coefficient (Wildman–Crippen LogP) is 2.69. The van der Waals surface area contributed by atoms with Gasteiger partial charge in [-0.2, -0.15) is 0 Å². The maximum Gasteiger partial charge on any atom is 0.573 e. The quantitative estimate of drug-likeness (QED) is 0.560. The summed E-state index contributed by atoms with van der Waals surface area (Å²) in [4.78, 5) is 25.1. The van der Waals surface area contributed by atoms with E-state index >= 15 is 0 Å². The summed E-state index contributed by atoms with van der Waals surface area (Å²) in [7, 11) is -3.61. The molecule has 33 heavy (non-hydrogen) atoms. The van der Waals surface area contributed by atoms with Crippen molar-refractivity contribution in [1.29, 1.82) is 0 Å². The first-order valence-corrected chi connectivity index (χ1v) is 11.7. The number of halogens is 3. The van der Waals surface area contributed by atoms with E-state index in [1.54, 1.807) is 18.3 Å². The lowest BCUT2D eigenvalue weighted by molar-refractivity contribution is -0.274. The van der Waals surface area contributed by atoms with Gasteiger partial charge in [-0.05, 0) is 23.8 Å². The van der Waals surface area contributed by atoms with Gasteiger partial charge in [-0.3, -0.25) is 19.7 Å². The largest absolute Gasteiger partial charge is 0.573 e. The summed E-state index contributed by atoms with van der Waals surface area (Å²) >= 11 is 0. The highest BCUT2D eigenvalue weighted by atomic mass is 32.2. The van der Waals surface area contributed by atoms with Crippen molar-refractivity contribution in [3.05, 3.63) is 69.8 Å². The van der Waals surface area contributed by atoms with Crippen LogP contribution in [0.25, 0.3) is 11.3 Å². The molecule has 0 amide bonds. The molecule has 12 heteroatoms. The van der Waals surface area contributed by atoms with Crippen LogP contribution < -0.4 is 10.3 Å². The van der Waals surface area contributed by atoms with Crippen molar-refractivity contribution < 1.29 is 26.3 Å². The minimum atomic E-state index is -4.77. The third-order valence-corrected chi connectivity index (χ3v) is 5.97. The summed E-state index contributed by atoms with van der Waals surface area (Å²) in [5, 5.41) is -0.329. The monoisotopic (exact) mass is 480 g/mol. The van der Waals surface area contributed by atoms with Crippen LogP contribution in [-0.4, -0.2) is 47.4 Å². The molecule has 1 N–H and O–H groups in total. The van der Waals surface area contributed by atoms with Crippen molar-refractivity contribution >= 4 is 9.84 Å². The van der Waals surface area contributed by atoms with Crippen LogP contribution in [0.5, 0.6) is 5.75 Å². The SMILES string of the molecule is CS(=O)(=O)c1nc2c(c(=O)[nH]1)CN(Cc1ccc(-c3cccc(OC(F)(F)F)c3)nc1)CC2. The molecule has 0 saturated heterocycles. The number of aromatic nitrogens is 3. The lowest BCUT2D eigenvalue weighted by atomic mass is 10.1. The number of H-pyrrole nitrogens is 1. The Hall–Kier alpha value is -3.25. The van der Waals surface area contributed by atoms with E-state index in [0.717, 1.165) is 11.8 Å². The molecule has 0 spiro atoms. The van der Waals surface area contributed by atoms with E-state index in [1.807, 2.05) is 11.0 Å². The number of nitrogens with zero attached hydrogens (tertiary/aromatic N) is 3. The highest BCUT2D eigenvalue weighted by Gasteiger charge is 2.31. The minimum Gasteiger partial charge on any atom is -0.406 e. The molecular formula is C21H19F3N4O4S. The molecule has 8 nitrogen and oxygen atoms in total. The second-order valence-corrected chi connectivity index (χ2v) is 9.59. The van der Waals surface area contributed by atoms with Gasteiger partial charge in [-0.15, -0.1) is 13.2 Å². The number of hydrogen-bond acceptors (Lipinski definition) is 7. The standard InChI is InChI=1S/C21H19F3N4O4S/c1-33(30,31)20-26-18-7-8-28(12-16(18)19(29)27-20)11-13-5-6-17(25-10-13)14-3-2-4-15(9-14)32-21(22,23)24/h2-6,9-10H,7-8,11-12H2,1H3,(H,26,27,29). The molecule has 1 aliphatic rings. The Morgan fingerprint density at radius 2 is 2.00 bits per heavy atom. The summed E-state index contributed by atoms with van der Waals surface area (Å²) < 4.78 is 64.6. The third-order valence-electron chi connectivity index (χ3n) is 5.07. The molecule has 1 aromatic carbocycles. The molecule has 3 aromatic rings. The van der Waals surface area contributed by atoms with Crippen molar-refractivity contribution in [2.75, 3.05) is 12.8 Å². The van der Waals surface area contributed by atoms with Gasteiger partial charge in [0.15, 0.2) is 0 Å². The third kappa shape index (κ3) is 5.57. The fraction of sp³-hybridized carbons (Fsp3) is 0.286. The molecular weight excluding hydrogens is 461 g/mol. The van der Waals surface area contributed by atoms with Crippen molar-refractivity contribution in [3.63, 3.8) is 0 Å². The zero-order chi connectivity index (χ0) is 23.8. The fourth-order valence-corrected chi connectivity index (χ4v) is 4.12. The molecule has 0 radical (unpaired) electrons. The first-order valence-electron chi connectivity index (χ1n) is 9.83. The lowest BCUT2D eigenvalue weighted by Crippen LogP contribution is -2.36. The van der Waals surface area contributed by atoms with E-state index in [1.165, 1.54) is 18.2 Å². The van der Waals surface area contributed by atoms with E-state index in [4.69, 9.17) is 0 Å². The van der Waals surface area contributed by atoms with Crippen LogP contribution >= 0.6 is 0 Å². The fourth-order valence-electron chi connectivity index (χ4n) is 3.57. The number of alkyl halides is 3. The van der Waals surface area contributed by atoms with Crippen LogP contribution in [0, 0.1) is 0 Å². The van der Waals surface area contributed by atoms with Crippen molar-refractivity contribution in [1.82, 2.24) is 19.9 Å². The van der Waals surface area contributed by atoms with Gasteiger partial charge in [0.05, 0.1) is 17.0 Å². The zero-order valence-corrected chi connectivity index (χ0v) is 18.2. The Balaban J connectivity index is 1.47. The topological polar surface area (TPSA) is 105 Å². The summed E-state index contributed by atoms with van der Waals surface area (Å²) in [6, 6.07) is 9.09. The molecule has 0 bridgehead atoms. The van der Waals surface area contributed by atoms with Crippen LogP contribution in [-0.2, 0) is 29.3 Å². The Bertz CT molecular complexity index is 1340. The molecule has 2 aromatic heterocycles. The minimum absolute atomic E-state index is 0.306. The number of fused-ring (bicyclic) bond motifs is 1. The summed E-state index contributed by atoms with van der Waals surface area (Å²) in [5.41, 5.74) is 2.25. The average Bonchev–Trinajstić information content (AvgIpc) is 2.73. The molecule has 1 aliphatic heterocycles. The molecule has 0 aliphatic carbocycles. The Kier molecular flexibility index (Phi) is 5.97. The smallest absolute Gasteiger partial charge is 0.406 e. The normalized spacial score (nSPS) is 14.7. The molecule has 0 atom stereocenters. The van der Waals surface area contributed by atoms with Gasteiger partial charge in [-0.25, -0.2) is 13.4 Å². The van der Waals surface area contributed by atoms with E-state index in [2.05, 4.69) is 19.7 Å². The second-order valence-electron chi connectivity index (χ2n) is 7.66. The number of ether oxygens (including phenoxy) is 1. The number of rotatable bonds is 5. The van der Waals surface area contributed by atoms with Crippen molar-refractivity contribution in [2.24, 2.45) is 0 Å². The van der Waals surface area contributed by atoms with Crippen molar-refractivity contribution in [2.45, 2.75) is 31.0 Å². The number of pyridine rings is 1. The first-order chi connectivity index (χ1) is 15.5. The highest BCUT2D eigenvalue weighted by Crippen LogP contribution is 2.27. The number of hydrogen-bond donors (Lipinski definition) is 1. The van der Waals surface area contributed by atoms with Gasteiger partial charge in [0.1, 0.15) is 5.75 Å². The molecule has 0 saturated carbocycles. The molecule has 0 unspecified atom stereocenters. The lowest BCUT2D eigenvalue weighted by Gasteiger charge is -2.27. The van der Waals surface area contributed by atoms with Gasteiger partial charge in [0.2, 0.25) is 15.0 Å².